The fourth-order valence-electron chi connectivity index (χ4n) is 2.11. The maximum Gasteiger partial charge on any atom is 0.347 e. The second-order valence-corrected chi connectivity index (χ2v) is 6.66. The molecule has 7 nitrogen and oxygen atoms in total. The fourth-order valence-corrected chi connectivity index (χ4v) is 3.61. The van der Waals surface area contributed by atoms with Crippen molar-refractivity contribution >= 4 is 33.4 Å². The predicted octanol–water partition coefficient (Wildman–Crippen LogP) is 1.12. The molecule has 112 valence electrons. The van der Waals surface area contributed by atoms with Crippen LogP contribution in [0.15, 0.2) is 23.2 Å². The summed E-state index contributed by atoms with van der Waals surface area (Å²) in [4.78, 5) is 26.3. The average molecular weight is 309 g/mol. The number of hydrogen-bond acceptors (Lipinski definition) is 4. The summed E-state index contributed by atoms with van der Waals surface area (Å²) in [6.45, 7) is 4.99. The number of imide groups is 1. The van der Waals surface area contributed by atoms with Gasteiger partial charge in [0, 0.05) is 0 Å². The number of aryl methyl sites for hydroxylation is 2. The van der Waals surface area contributed by atoms with Crippen molar-refractivity contribution in [2.75, 3.05) is 4.72 Å². The lowest BCUT2D eigenvalue weighted by molar-refractivity contribution is -0.118. The number of aliphatic imine (C=N–C) groups is 1. The van der Waals surface area contributed by atoms with Crippen LogP contribution in [0.2, 0.25) is 0 Å². The van der Waals surface area contributed by atoms with Gasteiger partial charge in [0.25, 0.3) is 5.91 Å². The van der Waals surface area contributed by atoms with E-state index >= 15 is 0 Å². The maximum atomic E-state index is 12.4. The highest BCUT2D eigenvalue weighted by Gasteiger charge is 2.39. The van der Waals surface area contributed by atoms with Gasteiger partial charge in [0.15, 0.2) is 5.25 Å². The van der Waals surface area contributed by atoms with E-state index < -0.39 is 27.2 Å². The highest BCUT2D eigenvalue weighted by Crippen LogP contribution is 2.20. The molecular weight excluding hydrogens is 294 g/mol. The molecule has 0 saturated carbocycles. The number of anilines is 1. The minimum absolute atomic E-state index is 0.0546. The lowest BCUT2D eigenvalue weighted by Crippen LogP contribution is -2.51. The summed E-state index contributed by atoms with van der Waals surface area (Å²) in [6, 6.07) is 4.36. The molecule has 0 aliphatic carbocycles. The lowest BCUT2D eigenvalue weighted by Gasteiger charge is -2.21. The zero-order chi connectivity index (χ0) is 15.8. The molecule has 0 bridgehead atoms. The fraction of sp³-hybridized carbons (Fsp3) is 0.308. The molecule has 2 N–H and O–H groups in total. The van der Waals surface area contributed by atoms with Crippen LogP contribution < -0.4 is 10.0 Å². The standard InChI is InChI=1S/C13H15N3O4S/c1-7-4-5-10(8(2)6-7)16-21(19,20)11-9(3)14-13(18)15-12(11)17/h4-6,11,16H,1-3H3,(H,15,17,18). The van der Waals surface area contributed by atoms with Crippen LogP contribution in [-0.2, 0) is 14.8 Å². The minimum Gasteiger partial charge on any atom is -0.282 e. The Balaban J connectivity index is 2.36. The molecule has 1 aromatic rings. The van der Waals surface area contributed by atoms with Crippen molar-refractivity contribution in [3.05, 3.63) is 29.3 Å². The molecule has 1 aliphatic heterocycles. The van der Waals surface area contributed by atoms with Crippen LogP contribution in [0.25, 0.3) is 0 Å². The number of nitrogens with zero attached hydrogens (tertiary/aromatic N) is 1. The van der Waals surface area contributed by atoms with E-state index in [0.29, 0.717) is 5.69 Å². The number of nitrogens with one attached hydrogen (secondary N) is 2. The summed E-state index contributed by atoms with van der Waals surface area (Å²) in [5.41, 5.74) is 2.06. The molecule has 0 aromatic heterocycles. The Morgan fingerprint density at radius 1 is 1.19 bits per heavy atom. The molecule has 0 radical (unpaired) electrons. The Labute approximate surface area is 122 Å². The number of carbonyl (C=O) groups excluding carboxylic acids is 2. The first-order chi connectivity index (χ1) is 9.70. The van der Waals surface area contributed by atoms with Crippen molar-refractivity contribution in [2.45, 2.75) is 26.0 Å². The van der Waals surface area contributed by atoms with Gasteiger partial charge in [-0.3, -0.25) is 14.8 Å². The van der Waals surface area contributed by atoms with Crippen molar-refractivity contribution < 1.29 is 18.0 Å². The summed E-state index contributed by atoms with van der Waals surface area (Å²) in [5, 5.41) is 0.373. The number of benzene rings is 1. The Kier molecular flexibility index (Phi) is 3.82. The lowest BCUT2D eigenvalue weighted by atomic mass is 10.1. The van der Waals surface area contributed by atoms with Gasteiger partial charge in [0.1, 0.15) is 0 Å². The van der Waals surface area contributed by atoms with Crippen LogP contribution in [0.4, 0.5) is 10.5 Å². The molecule has 3 amide bonds. The van der Waals surface area contributed by atoms with E-state index in [9.17, 15) is 18.0 Å². The maximum absolute atomic E-state index is 12.4. The molecule has 1 unspecified atom stereocenters. The molecule has 0 spiro atoms. The number of amides is 3. The molecule has 0 fully saturated rings. The summed E-state index contributed by atoms with van der Waals surface area (Å²) in [5.74, 6) is -0.898. The molecule has 0 saturated heterocycles. The topological polar surface area (TPSA) is 105 Å². The van der Waals surface area contributed by atoms with Crippen molar-refractivity contribution in [3.63, 3.8) is 0 Å². The van der Waals surface area contributed by atoms with Gasteiger partial charge in [-0.2, -0.15) is 0 Å². The summed E-state index contributed by atoms with van der Waals surface area (Å²) >= 11 is 0. The normalized spacial score (nSPS) is 19.0. The van der Waals surface area contributed by atoms with Gasteiger partial charge in [-0.25, -0.2) is 18.2 Å². The second kappa shape index (κ2) is 5.28. The van der Waals surface area contributed by atoms with Crippen molar-refractivity contribution in [3.8, 4) is 0 Å². The van der Waals surface area contributed by atoms with Crippen LogP contribution >= 0.6 is 0 Å². The summed E-state index contributed by atoms with van der Waals surface area (Å²) < 4.78 is 27.1. The third-order valence-corrected chi connectivity index (χ3v) is 4.75. The molecule has 21 heavy (non-hydrogen) atoms. The van der Waals surface area contributed by atoms with Gasteiger partial charge < -0.3 is 0 Å². The van der Waals surface area contributed by atoms with E-state index in [1.54, 1.807) is 19.1 Å². The summed E-state index contributed by atoms with van der Waals surface area (Å²) in [7, 11) is -4.04. The van der Waals surface area contributed by atoms with Crippen LogP contribution in [0.1, 0.15) is 18.1 Å². The molecule has 1 aliphatic rings. The Bertz CT molecular complexity index is 753. The highest BCUT2D eigenvalue weighted by molar-refractivity contribution is 7.94. The first-order valence-corrected chi connectivity index (χ1v) is 7.74. The van der Waals surface area contributed by atoms with Crippen LogP contribution in [0.5, 0.6) is 0 Å². The van der Waals surface area contributed by atoms with E-state index in [-0.39, 0.29) is 5.71 Å². The largest absolute Gasteiger partial charge is 0.347 e. The van der Waals surface area contributed by atoms with Gasteiger partial charge in [0.2, 0.25) is 10.0 Å². The smallest absolute Gasteiger partial charge is 0.282 e. The zero-order valence-corrected chi connectivity index (χ0v) is 12.6. The first-order valence-electron chi connectivity index (χ1n) is 6.19. The molecular formula is C13H15N3O4S. The van der Waals surface area contributed by atoms with Crippen molar-refractivity contribution in [1.82, 2.24) is 5.32 Å². The number of hydrogen-bond donors (Lipinski definition) is 2. The SMILES string of the molecule is CC1=NC(=O)NC(=O)C1S(=O)(=O)Nc1ccc(C)cc1C. The third-order valence-electron chi connectivity index (χ3n) is 3.07. The minimum atomic E-state index is -4.04. The molecule has 1 aromatic carbocycles. The van der Waals surface area contributed by atoms with Gasteiger partial charge >= 0.3 is 6.03 Å². The Morgan fingerprint density at radius 2 is 1.86 bits per heavy atom. The van der Waals surface area contributed by atoms with E-state index in [1.165, 1.54) is 6.92 Å². The molecule has 8 heteroatoms. The van der Waals surface area contributed by atoms with Gasteiger partial charge in [-0.15, -0.1) is 0 Å². The number of urea groups is 1. The Hall–Kier alpha value is -2.22. The summed E-state index contributed by atoms with van der Waals surface area (Å²) in [6.07, 6.45) is 0. The first kappa shape index (κ1) is 15.2. The van der Waals surface area contributed by atoms with Gasteiger partial charge in [-0.1, -0.05) is 17.7 Å². The molecule has 2 rings (SSSR count). The molecule has 1 atom stereocenters. The van der Waals surface area contributed by atoms with Crippen LogP contribution in [0, 0.1) is 13.8 Å². The monoisotopic (exact) mass is 309 g/mol. The number of rotatable bonds is 3. The third kappa shape index (κ3) is 3.10. The average Bonchev–Trinajstić information content (AvgIpc) is 2.30. The van der Waals surface area contributed by atoms with Gasteiger partial charge in [0.05, 0.1) is 11.4 Å². The Morgan fingerprint density at radius 3 is 2.43 bits per heavy atom. The predicted molar refractivity (Wildman–Crippen MR) is 78.9 cm³/mol. The van der Waals surface area contributed by atoms with Crippen molar-refractivity contribution in [1.29, 1.82) is 0 Å². The number of sulfonamides is 1. The van der Waals surface area contributed by atoms with E-state index in [4.69, 9.17) is 0 Å². The van der Waals surface area contributed by atoms with E-state index in [2.05, 4.69) is 9.71 Å². The van der Waals surface area contributed by atoms with E-state index in [0.717, 1.165) is 11.1 Å². The van der Waals surface area contributed by atoms with E-state index in [1.807, 2.05) is 18.3 Å². The van der Waals surface area contributed by atoms with Crippen LogP contribution in [0.3, 0.4) is 0 Å². The van der Waals surface area contributed by atoms with Crippen LogP contribution in [-0.4, -0.2) is 31.3 Å². The van der Waals surface area contributed by atoms with Gasteiger partial charge in [-0.05, 0) is 32.4 Å². The molecule has 1 heterocycles. The van der Waals surface area contributed by atoms with Crippen molar-refractivity contribution in [2.24, 2.45) is 4.99 Å². The number of carbonyl (C=O) groups is 2. The quantitative estimate of drug-likeness (QED) is 0.873. The highest BCUT2D eigenvalue weighted by atomic mass is 32.2. The zero-order valence-electron chi connectivity index (χ0n) is 11.8. The second-order valence-electron chi connectivity index (χ2n) is 4.89.